The van der Waals surface area contributed by atoms with Crippen LogP contribution in [0.2, 0.25) is 5.02 Å². The fourth-order valence-corrected chi connectivity index (χ4v) is 3.56. The molecule has 0 bridgehead atoms. The van der Waals surface area contributed by atoms with Gasteiger partial charge in [-0.05, 0) is 43.2 Å². The molecule has 0 radical (unpaired) electrons. The first-order valence-electron chi connectivity index (χ1n) is 9.52. The number of carbonyl (C=O) groups is 2. The van der Waals surface area contributed by atoms with E-state index in [1.807, 2.05) is 56.3 Å². The van der Waals surface area contributed by atoms with Crippen molar-refractivity contribution in [3.8, 4) is 5.75 Å². The molecule has 1 aliphatic rings. The number of ether oxygens (including phenoxy) is 1. The summed E-state index contributed by atoms with van der Waals surface area (Å²) in [5.41, 5.74) is 1.88. The fourth-order valence-electron chi connectivity index (χ4n) is 3.37. The van der Waals surface area contributed by atoms with Crippen LogP contribution < -0.4 is 10.1 Å². The Morgan fingerprint density at radius 3 is 2.64 bits per heavy atom. The Balaban J connectivity index is 1.57. The molecule has 0 spiro atoms. The number of carbonyl (C=O) groups excluding carboxylic acids is 2. The summed E-state index contributed by atoms with van der Waals surface area (Å²) in [5, 5.41) is 3.65. The number of nitrogens with one attached hydrogen (secondary N) is 1. The van der Waals surface area contributed by atoms with Gasteiger partial charge in [0.25, 0.3) is 0 Å². The minimum atomic E-state index is -0.347. The van der Waals surface area contributed by atoms with Crippen molar-refractivity contribution < 1.29 is 14.3 Å². The summed E-state index contributed by atoms with van der Waals surface area (Å²) in [7, 11) is 0. The Kier molecular flexibility index (Phi) is 6.57. The Morgan fingerprint density at radius 2 is 1.96 bits per heavy atom. The van der Waals surface area contributed by atoms with Crippen LogP contribution in [-0.2, 0) is 16.1 Å². The number of halogens is 1. The second-order valence-electron chi connectivity index (χ2n) is 7.00. The minimum absolute atomic E-state index is 0.0196. The second kappa shape index (κ2) is 9.11. The maximum Gasteiger partial charge on any atom is 0.225 e. The normalized spacial score (nSPS) is 17.5. The zero-order valence-corrected chi connectivity index (χ0v) is 16.9. The van der Waals surface area contributed by atoms with E-state index >= 15 is 0 Å². The van der Waals surface area contributed by atoms with Gasteiger partial charge in [0, 0.05) is 24.5 Å². The van der Waals surface area contributed by atoms with Gasteiger partial charge in [0.2, 0.25) is 11.8 Å². The average molecular weight is 401 g/mol. The van der Waals surface area contributed by atoms with Crippen molar-refractivity contribution in [2.24, 2.45) is 5.92 Å². The van der Waals surface area contributed by atoms with E-state index in [1.165, 1.54) is 0 Å². The molecule has 0 aliphatic carbocycles. The first kappa shape index (κ1) is 20.2. The van der Waals surface area contributed by atoms with Crippen LogP contribution in [0.25, 0.3) is 0 Å². The van der Waals surface area contributed by atoms with Crippen LogP contribution in [0.5, 0.6) is 5.75 Å². The van der Waals surface area contributed by atoms with Crippen molar-refractivity contribution in [2.45, 2.75) is 32.9 Å². The van der Waals surface area contributed by atoms with Crippen molar-refractivity contribution in [1.82, 2.24) is 10.2 Å². The number of amides is 2. The molecule has 2 unspecified atom stereocenters. The van der Waals surface area contributed by atoms with Crippen molar-refractivity contribution in [3.05, 3.63) is 64.7 Å². The quantitative estimate of drug-likeness (QED) is 0.765. The van der Waals surface area contributed by atoms with Gasteiger partial charge in [0.1, 0.15) is 5.75 Å². The monoisotopic (exact) mass is 400 g/mol. The van der Waals surface area contributed by atoms with Gasteiger partial charge in [-0.2, -0.15) is 0 Å². The summed E-state index contributed by atoms with van der Waals surface area (Å²) in [4.78, 5) is 26.7. The molecular weight excluding hydrogens is 376 g/mol. The number of likely N-dealkylation sites (tertiary alicyclic amines) is 1. The fraction of sp³-hybridized carbons (Fsp3) is 0.364. The van der Waals surface area contributed by atoms with Gasteiger partial charge in [0.05, 0.1) is 18.6 Å². The van der Waals surface area contributed by atoms with Crippen LogP contribution in [0.3, 0.4) is 0 Å². The van der Waals surface area contributed by atoms with Crippen LogP contribution in [0.15, 0.2) is 48.5 Å². The van der Waals surface area contributed by atoms with E-state index in [9.17, 15) is 9.59 Å². The zero-order valence-electron chi connectivity index (χ0n) is 16.2. The highest BCUT2D eigenvalue weighted by Crippen LogP contribution is 2.25. The number of hydrogen-bond acceptors (Lipinski definition) is 3. The SMILES string of the molecule is CCOc1ccc(C(C)NC(=O)C2CC(=O)N(Cc3ccccc3Cl)C2)cc1. The van der Waals surface area contributed by atoms with Gasteiger partial charge >= 0.3 is 0 Å². The highest BCUT2D eigenvalue weighted by Gasteiger charge is 2.34. The van der Waals surface area contributed by atoms with Gasteiger partial charge in [0.15, 0.2) is 0 Å². The van der Waals surface area contributed by atoms with Crippen LogP contribution in [0.4, 0.5) is 0 Å². The molecule has 0 saturated carbocycles. The molecule has 2 aromatic rings. The molecule has 6 heteroatoms. The highest BCUT2D eigenvalue weighted by molar-refractivity contribution is 6.31. The lowest BCUT2D eigenvalue weighted by atomic mass is 10.0. The minimum Gasteiger partial charge on any atom is -0.494 e. The number of nitrogens with zero attached hydrogens (tertiary/aromatic N) is 1. The van der Waals surface area contributed by atoms with E-state index in [-0.39, 0.29) is 30.2 Å². The maximum absolute atomic E-state index is 12.7. The second-order valence-corrected chi connectivity index (χ2v) is 7.41. The van der Waals surface area contributed by atoms with Gasteiger partial charge in [-0.25, -0.2) is 0 Å². The highest BCUT2D eigenvalue weighted by atomic mass is 35.5. The standard InChI is InChI=1S/C22H25ClN2O3/c1-3-28-19-10-8-16(9-11-19)15(2)24-22(27)18-12-21(26)25(14-18)13-17-6-4-5-7-20(17)23/h4-11,15,18H,3,12-14H2,1-2H3,(H,24,27). The smallest absolute Gasteiger partial charge is 0.225 e. The summed E-state index contributed by atoms with van der Waals surface area (Å²) in [6.45, 7) is 5.33. The Hall–Kier alpha value is -2.53. The third-order valence-electron chi connectivity index (χ3n) is 4.95. The van der Waals surface area contributed by atoms with E-state index in [4.69, 9.17) is 16.3 Å². The summed E-state index contributed by atoms with van der Waals surface area (Å²) >= 11 is 6.19. The van der Waals surface area contributed by atoms with Gasteiger partial charge in [-0.1, -0.05) is 41.9 Å². The van der Waals surface area contributed by atoms with Crippen LogP contribution in [0, 0.1) is 5.92 Å². The third kappa shape index (κ3) is 4.84. The molecule has 1 fully saturated rings. The van der Waals surface area contributed by atoms with Crippen molar-refractivity contribution in [2.75, 3.05) is 13.2 Å². The Labute approximate surface area is 170 Å². The Bertz CT molecular complexity index is 838. The summed E-state index contributed by atoms with van der Waals surface area (Å²) in [5.74, 6) is 0.340. The van der Waals surface area contributed by atoms with E-state index < -0.39 is 0 Å². The Morgan fingerprint density at radius 1 is 1.25 bits per heavy atom. The summed E-state index contributed by atoms with van der Waals surface area (Å²) in [6, 6.07) is 15.0. The molecule has 148 valence electrons. The molecule has 1 N–H and O–H groups in total. The topological polar surface area (TPSA) is 58.6 Å². The summed E-state index contributed by atoms with van der Waals surface area (Å²) < 4.78 is 5.44. The number of hydrogen-bond donors (Lipinski definition) is 1. The average Bonchev–Trinajstić information content (AvgIpc) is 3.05. The predicted octanol–water partition coefficient (Wildman–Crippen LogP) is 3.96. The van der Waals surface area contributed by atoms with Gasteiger partial charge in [-0.3, -0.25) is 9.59 Å². The molecule has 2 atom stereocenters. The maximum atomic E-state index is 12.7. The van der Waals surface area contributed by atoms with Crippen LogP contribution >= 0.6 is 11.6 Å². The molecule has 0 aromatic heterocycles. The molecule has 1 heterocycles. The molecular formula is C22H25ClN2O3. The third-order valence-corrected chi connectivity index (χ3v) is 5.32. The predicted molar refractivity (Wildman–Crippen MR) is 109 cm³/mol. The van der Waals surface area contributed by atoms with Crippen molar-refractivity contribution in [3.63, 3.8) is 0 Å². The van der Waals surface area contributed by atoms with E-state index in [0.29, 0.717) is 24.7 Å². The first-order valence-corrected chi connectivity index (χ1v) is 9.90. The van der Waals surface area contributed by atoms with E-state index in [2.05, 4.69) is 5.32 Å². The van der Waals surface area contributed by atoms with Crippen LogP contribution in [-0.4, -0.2) is 29.9 Å². The number of rotatable bonds is 7. The first-order chi connectivity index (χ1) is 13.5. The molecule has 5 nitrogen and oxygen atoms in total. The lowest BCUT2D eigenvalue weighted by Crippen LogP contribution is -2.34. The van der Waals surface area contributed by atoms with Crippen molar-refractivity contribution in [1.29, 1.82) is 0 Å². The summed E-state index contributed by atoms with van der Waals surface area (Å²) in [6.07, 6.45) is 0.228. The molecule has 3 rings (SSSR count). The number of benzene rings is 2. The molecule has 1 aliphatic heterocycles. The zero-order chi connectivity index (χ0) is 20.1. The lowest BCUT2D eigenvalue weighted by Gasteiger charge is -2.19. The van der Waals surface area contributed by atoms with Crippen molar-refractivity contribution >= 4 is 23.4 Å². The molecule has 28 heavy (non-hydrogen) atoms. The lowest BCUT2D eigenvalue weighted by molar-refractivity contribution is -0.129. The van der Waals surface area contributed by atoms with E-state index in [0.717, 1.165) is 16.9 Å². The molecule has 2 aromatic carbocycles. The molecule has 1 saturated heterocycles. The van der Waals surface area contributed by atoms with E-state index in [1.54, 1.807) is 11.0 Å². The van der Waals surface area contributed by atoms with Crippen LogP contribution in [0.1, 0.15) is 37.4 Å². The molecule has 2 amide bonds. The largest absolute Gasteiger partial charge is 0.494 e. The van der Waals surface area contributed by atoms with Gasteiger partial charge < -0.3 is 15.0 Å². The van der Waals surface area contributed by atoms with Gasteiger partial charge in [-0.15, -0.1) is 0 Å².